The third-order valence-electron chi connectivity index (χ3n) is 5.53. The molecule has 0 spiro atoms. The topological polar surface area (TPSA) is 129 Å². The van der Waals surface area contributed by atoms with Crippen molar-refractivity contribution in [2.24, 2.45) is 0 Å². The summed E-state index contributed by atoms with van der Waals surface area (Å²) in [5.41, 5.74) is 0.655. The van der Waals surface area contributed by atoms with Crippen molar-refractivity contribution in [3.8, 4) is 0 Å². The van der Waals surface area contributed by atoms with Crippen molar-refractivity contribution in [1.82, 2.24) is 0 Å². The maximum atomic E-state index is 12.7. The molecule has 36 heavy (non-hydrogen) atoms. The standard InChI is InChI=1S/C27H24O9/c28-21-20(16-33-24(29)17-10-4-1-5-11-17)34-27(32)23(36-26(31)19-14-8-3-9-15-19)22(21)35-25(30)18-12-6-2-7-13-18/h1-15,20-23,27-28,32H,16H2/t20?,21-,22?,23?,27+/m0/s1. The summed E-state index contributed by atoms with van der Waals surface area (Å²) >= 11 is 0. The van der Waals surface area contributed by atoms with Crippen molar-refractivity contribution in [3.05, 3.63) is 108 Å². The average Bonchev–Trinajstić information content (AvgIpc) is 2.92. The summed E-state index contributed by atoms with van der Waals surface area (Å²) in [7, 11) is 0. The summed E-state index contributed by atoms with van der Waals surface area (Å²) in [5, 5.41) is 21.6. The number of carbonyl (C=O) groups excluding carboxylic acids is 3. The van der Waals surface area contributed by atoms with Gasteiger partial charge in [0, 0.05) is 0 Å². The highest BCUT2D eigenvalue weighted by molar-refractivity contribution is 5.90. The highest BCUT2D eigenvalue weighted by atomic mass is 16.7. The van der Waals surface area contributed by atoms with Gasteiger partial charge in [-0.3, -0.25) is 0 Å². The van der Waals surface area contributed by atoms with Crippen LogP contribution in [-0.2, 0) is 18.9 Å². The van der Waals surface area contributed by atoms with Crippen LogP contribution in [0.1, 0.15) is 31.1 Å². The van der Waals surface area contributed by atoms with Gasteiger partial charge in [-0.05, 0) is 36.4 Å². The Balaban J connectivity index is 1.52. The van der Waals surface area contributed by atoms with Gasteiger partial charge in [-0.2, -0.15) is 0 Å². The molecule has 0 saturated carbocycles. The highest BCUT2D eigenvalue weighted by Gasteiger charge is 2.50. The van der Waals surface area contributed by atoms with E-state index in [-0.39, 0.29) is 16.7 Å². The number of benzene rings is 3. The van der Waals surface area contributed by atoms with Crippen LogP contribution in [0.25, 0.3) is 0 Å². The van der Waals surface area contributed by atoms with Gasteiger partial charge in [0.25, 0.3) is 0 Å². The second-order valence-corrected chi connectivity index (χ2v) is 7.99. The quantitative estimate of drug-likeness (QED) is 0.377. The number of rotatable bonds is 7. The molecule has 9 nitrogen and oxygen atoms in total. The summed E-state index contributed by atoms with van der Waals surface area (Å²) in [6, 6.07) is 24.1. The monoisotopic (exact) mass is 492 g/mol. The maximum absolute atomic E-state index is 12.7. The fraction of sp³-hybridized carbons (Fsp3) is 0.222. The zero-order chi connectivity index (χ0) is 25.5. The molecule has 3 aromatic carbocycles. The predicted molar refractivity (Wildman–Crippen MR) is 125 cm³/mol. The van der Waals surface area contributed by atoms with E-state index in [1.165, 1.54) is 24.3 Å². The van der Waals surface area contributed by atoms with Crippen molar-refractivity contribution in [2.45, 2.75) is 30.7 Å². The molecular weight excluding hydrogens is 468 g/mol. The first-order valence-corrected chi connectivity index (χ1v) is 11.2. The molecule has 0 aromatic heterocycles. The second-order valence-electron chi connectivity index (χ2n) is 7.99. The molecule has 1 aliphatic rings. The minimum Gasteiger partial charge on any atom is -0.459 e. The maximum Gasteiger partial charge on any atom is 0.338 e. The SMILES string of the molecule is O=C(OCC1O[C@@H](O)C(OC(=O)c2ccccc2)C(OC(=O)c2ccccc2)[C@H]1O)c1ccccc1. The molecular formula is C27H24O9. The molecule has 9 heteroatoms. The van der Waals surface area contributed by atoms with Crippen molar-refractivity contribution >= 4 is 17.9 Å². The summed E-state index contributed by atoms with van der Waals surface area (Å²) in [4.78, 5) is 37.7. The van der Waals surface area contributed by atoms with E-state index in [0.29, 0.717) is 0 Å². The summed E-state index contributed by atoms with van der Waals surface area (Å²) in [6.45, 7) is -0.454. The van der Waals surface area contributed by atoms with Crippen molar-refractivity contribution < 1.29 is 43.5 Å². The van der Waals surface area contributed by atoms with Gasteiger partial charge in [0.05, 0.1) is 16.7 Å². The fourth-order valence-corrected chi connectivity index (χ4v) is 3.65. The molecule has 4 rings (SSSR count). The number of aliphatic hydroxyl groups is 2. The van der Waals surface area contributed by atoms with Crippen LogP contribution in [0, 0.1) is 0 Å². The number of hydrogen-bond acceptors (Lipinski definition) is 9. The Morgan fingerprint density at radius 1 is 0.639 bits per heavy atom. The van der Waals surface area contributed by atoms with Gasteiger partial charge in [0.2, 0.25) is 0 Å². The Kier molecular flexibility index (Phi) is 8.06. The van der Waals surface area contributed by atoms with E-state index in [4.69, 9.17) is 18.9 Å². The first-order valence-electron chi connectivity index (χ1n) is 11.2. The molecule has 1 aliphatic heterocycles. The fourth-order valence-electron chi connectivity index (χ4n) is 3.65. The first kappa shape index (κ1) is 25.1. The molecule has 0 aliphatic carbocycles. The van der Waals surface area contributed by atoms with Gasteiger partial charge >= 0.3 is 17.9 Å². The van der Waals surface area contributed by atoms with Gasteiger partial charge in [-0.25, -0.2) is 14.4 Å². The lowest BCUT2D eigenvalue weighted by molar-refractivity contribution is -0.284. The molecule has 0 bridgehead atoms. The van der Waals surface area contributed by atoms with Crippen molar-refractivity contribution in [3.63, 3.8) is 0 Å². The molecule has 0 amide bonds. The molecule has 3 unspecified atom stereocenters. The minimum atomic E-state index is -1.78. The number of esters is 3. The van der Waals surface area contributed by atoms with E-state index in [1.807, 2.05) is 0 Å². The molecule has 1 heterocycles. The molecule has 186 valence electrons. The third kappa shape index (κ3) is 5.95. The number of ether oxygens (including phenoxy) is 4. The zero-order valence-electron chi connectivity index (χ0n) is 19.0. The van der Waals surface area contributed by atoms with E-state index < -0.39 is 55.2 Å². The van der Waals surface area contributed by atoms with E-state index in [9.17, 15) is 24.6 Å². The molecule has 3 aromatic rings. The lowest BCUT2D eigenvalue weighted by Crippen LogP contribution is -2.61. The van der Waals surface area contributed by atoms with Crippen LogP contribution in [0.15, 0.2) is 91.0 Å². The first-order chi connectivity index (χ1) is 17.4. The third-order valence-corrected chi connectivity index (χ3v) is 5.53. The average molecular weight is 492 g/mol. The van der Waals surface area contributed by atoms with Crippen LogP contribution in [0.2, 0.25) is 0 Å². The number of aliphatic hydroxyl groups excluding tert-OH is 2. The van der Waals surface area contributed by atoms with Gasteiger partial charge in [-0.15, -0.1) is 0 Å². The van der Waals surface area contributed by atoms with Crippen LogP contribution in [-0.4, -0.2) is 65.4 Å². The summed E-state index contributed by atoms with van der Waals surface area (Å²) in [5.74, 6) is -2.30. The zero-order valence-corrected chi connectivity index (χ0v) is 19.0. The normalized spacial score (nSPS) is 23.3. The molecule has 1 saturated heterocycles. The predicted octanol–water partition coefficient (Wildman–Crippen LogP) is 2.37. The Bertz CT molecular complexity index is 1170. The Morgan fingerprint density at radius 3 is 1.53 bits per heavy atom. The van der Waals surface area contributed by atoms with E-state index in [0.717, 1.165) is 0 Å². The minimum absolute atomic E-state index is 0.186. The second kappa shape index (κ2) is 11.6. The molecule has 0 radical (unpaired) electrons. The smallest absolute Gasteiger partial charge is 0.338 e. The van der Waals surface area contributed by atoms with Crippen molar-refractivity contribution in [1.29, 1.82) is 0 Å². The Hall–Kier alpha value is -4.05. The van der Waals surface area contributed by atoms with Crippen molar-refractivity contribution in [2.75, 3.05) is 6.61 Å². The highest BCUT2D eigenvalue weighted by Crippen LogP contribution is 2.27. The lowest BCUT2D eigenvalue weighted by atomic mass is 9.98. The van der Waals surface area contributed by atoms with Gasteiger partial charge < -0.3 is 29.2 Å². The Labute approximate surface area is 206 Å². The van der Waals surface area contributed by atoms with Crippen LogP contribution in [0.5, 0.6) is 0 Å². The van der Waals surface area contributed by atoms with Crippen LogP contribution < -0.4 is 0 Å². The number of carbonyl (C=O) groups is 3. The van der Waals surface area contributed by atoms with E-state index in [2.05, 4.69) is 0 Å². The Morgan fingerprint density at radius 2 is 1.06 bits per heavy atom. The molecule has 5 atom stereocenters. The summed E-state index contributed by atoms with van der Waals surface area (Å²) < 4.78 is 21.5. The molecule has 2 N–H and O–H groups in total. The van der Waals surface area contributed by atoms with Gasteiger partial charge in [0.1, 0.15) is 18.8 Å². The van der Waals surface area contributed by atoms with Crippen LogP contribution in [0.4, 0.5) is 0 Å². The van der Waals surface area contributed by atoms with Gasteiger partial charge in [-0.1, -0.05) is 54.6 Å². The van der Waals surface area contributed by atoms with Crippen LogP contribution >= 0.6 is 0 Å². The molecule has 1 fully saturated rings. The lowest BCUT2D eigenvalue weighted by Gasteiger charge is -2.41. The van der Waals surface area contributed by atoms with Gasteiger partial charge in [0.15, 0.2) is 18.5 Å². The van der Waals surface area contributed by atoms with Crippen LogP contribution in [0.3, 0.4) is 0 Å². The largest absolute Gasteiger partial charge is 0.459 e. The van der Waals surface area contributed by atoms with E-state index in [1.54, 1.807) is 66.7 Å². The van der Waals surface area contributed by atoms with E-state index >= 15 is 0 Å². The summed E-state index contributed by atoms with van der Waals surface area (Å²) in [6.07, 6.45) is -7.72. The number of hydrogen-bond donors (Lipinski definition) is 2.